The van der Waals surface area contributed by atoms with Crippen LogP contribution in [0.1, 0.15) is 18.9 Å². The predicted octanol–water partition coefficient (Wildman–Crippen LogP) is 1.69. The summed E-state index contributed by atoms with van der Waals surface area (Å²) in [5.74, 6) is 2.37. The lowest BCUT2D eigenvalue weighted by Crippen LogP contribution is -2.17. The van der Waals surface area contributed by atoms with Crippen molar-refractivity contribution in [3.63, 3.8) is 0 Å². The van der Waals surface area contributed by atoms with E-state index in [9.17, 15) is 0 Å². The fourth-order valence-corrected chi connectivity index (χ4v) is 2.55. The van der Waals surface area contributed by atoms with E-state index in [2.05, 4.69) is 19.1 Å². The van der Waals surface area contributed by atoms with Crippen LogP contribution in [-0.2, 0) is 5.41 Å². The SMILES string of the molecule is CC1(c2ccc3c(c2)OCCO3)CC1CN. The van der Waals surface area contributed by atoms with Crippen molar-refractivity contribution in [1.29, 1.82) is 0 Å². The molecule has 2 unspecified atom stereocenters. The third kappa shape index (κ3) is 1.39. The highest BCUT2D eigenvalue weighted by molar-refractivity contribution is 5.47. The summed E-state index contributed by atoms with van der Waals surface area (Å²) in [7, 11) is 0. The summed E-state index contributed by atoms with van der Waals surface area (Å²) in [6.45, 7) is 4.34. The molecule has 3 rings (SSSR count). The second-order valence-corrected chi connectivity index (χ2v) is 4.91. The van der Waals surface area contributed by atoms with Crippen LogP contribution < -0.4 is 15.2 Å². The third-order valence-corrected chi connectivity index (χ3v) is 3.90. The lowest BCUT2D eigenvalue weighted by Gasteiger charge is -2.20. The molecule has 3 heteroatoms. The molecule has 2 atom stereocenters. The van der Waals surface area contributed by atoms with Crippen LogP contribution in [0.5, 0.6) is 11.5 Å². The fourth-order valence-electron chi connectivity index (χ4n) is 2.55. The minimum atomic E-state index is 0.255. The van der Waals surface area contributed by atoms with Crippen molar-refractivity contribution >= 4 is 0 Å². The molecule has 2 N–H and O–H groups in total. The van der Waals surface area contributed by atoms with Crippen LogP contribution in [0.2, 0.25) is 0 Å². The van der Waals surface area contributed by atoms with E-state index in [1.165, 1.54) is 12.0 Å². The molecule has 1 saturated carbocycles. The quantitative estimate of drug-likeness (QED) is 0.823. The molecular weight excluding hydrogens is 202 g/mol. The van der Waals surface area contributed by atoms with E-state index in [1.807, 2.05) is 6.07 Å². The normalized spacial score (nSPS) is 31.2. The Balaban J connectivity index is 1.92. The van der Waals surface area contributed by atoms with Crippen molar-refractivity contribution in [3.05, 3.63) is 23.8 Å². The summed E-state index contributed by atoms with van der Waals surface area (Å²) in [6, 6.07) is 6.27. The van der Waals surface area contributed by atoms with Gasteiger partial charge in [0.2, 0.25) is 0 Å². The van der Waals surface area contributed by atoms with Crippen LogP contribution in [0.4, 0.5) is 0 Å². The van der Waals surface area contributed by atoms with Crippen molar-refractivity contribution in [1.82, 2.24) is 0 Å². The molecule has 0 spiro atoms. The zero-order valence-electron chi connectivity index (χ0n) is 9.53. The van der Waals surface area contributed by atoms with Crippen LogP contribution in [0.25, 0.3) is 0 Å². The highest BCUT2D eigenvalue weighted by atomic mass is 16.6. The van der Waals surface area contributed by atoms with E-state index < -0.39 is 0 Å². The maximum atomic E-state index is 5.73. The Bertz CT molecular complexity index is 418. The number of fused-ring (bicyclic) bond motifs is 1. The first-order chi connectivity index (χ1) is 7.74. The Morgan fingerprint density at radius 2 is 2.06 bits per heavy atom. The molecule has 86 valence electrons. The summed E-state index contributed by atoms with van der Waals surface area (Å²) in [4.78, 5) is 0. The Morgan fingerprint density at radius 3 is 2.75 bits per heavy atom. The molecular formula is C13H17NO2. The molecule has 0 saturated heterocycles. The molecule has 16 heavy (non-hydrogen) atoms. The molecule has 0 radical (unpaired) electrons. The number of rotatable bonds is 2. The second-order valence-electron chi connectivity index (χ2n) is 4.91. The first-order valence-electron chi connectivity index (χ1n) is 5.84. The molecule has 2 aliphatic rings. The average Bonchev–Trinajstić information content (AvgIpc) is 3.01. The zero-order valence-corrected chi connectivity index (χ0v) is 9.53. The van der Waals surface area contributed by atoms with Crippen LogP contribution >= 0.6 is 0 Å². The maximum Gasteiger partial charge on any atom is 0.161 e. The van der Waals surface area contributed by atoms with Crippen molar-refractivity contribution in [2.75, 3.05) is 19.8 Å². The van der Waals surface area contributed by atoms with Gasteiger partial charge in [-0.05, 0) is 42.0 Å². The zero-order chi connectivity index (χ0) is 11.2. The number of nitrogens with two attached hydrogens (primary N) is 1. The summed E-state index contributed by atoms with van der Waals surface area (Å²) < 4.78 is 11.1. The van der Waals surface area contributed by atoms with E-state index in [4.69, 9.17) is 15.2 Å². The summed E-state index contributed by atoms with van der Waals surface area (Å²) in [6.07, 6.45) is 1.18. The number of hydrogen-bond acceptors (Lipinski definition) is 3. The molecule has 3 nitrogen and oxygen atoms in total. The molecule has 1 aromatic carbocycles. The molecule has 1 aliphatic heterocycles. The lowest BCUT2D eigenvalue weighted by molar-refractivity contribution is 0.171. The van der Waals surface area contributed by atoms with Gasteiger partial charge in [0.25, 0.3) is 0 Å². The van der Waals surface area contributed by atoms with Crippen molar-refractivity contribution in [2.45, 2.75) is 18.8 Å². The number of benzene rings is 1. The van der Waals surface area contributed by atoms with E-state index in [1.54, 1.807) is 0 Å². The van der Waals surface area contributed by atoms with Gasteiger partial charge in [-0.25, -0.2) is 0 Å². The topological polar surface area (TPSA) is 44.5 Å². The first kappa shape index (κ1) is 9.97. The Kier molecular flexibility index (Phi) is 2.11. The Hall–Kier alpha value is -1.22. The largest absolute Gasteiger partial charge is 0.486 e. The van der Waals surface area contributed by atoms with Gasteiger partial charge < -0.3 is 15.2 Å². The smallest absolute Gasteiger partial charge is 0.161 e. The summed E-state index contributed by atoms with van der Waals surface area (Å²) in [5.41, 5.74) is 7.31. The molecule has 1 aliphatic carbocycles. The lowest BCUT2D eigenvalue weighted by atomic mass is 9.95. The third-order valence-electron chi connectivity index (χ3n) is 3.90. The van der Waals surface area contributed by atoms with Gasteiger partial charge in [-0.15, -0.1) is 0 Å². The highest BCUT2D eigenvalue weighted by Crippen LogP contribution is 2.54. The van der Waals surface area contributed by atoms with Gasteiger partial charge in [0.05, 0.1) is 0 Å². The highest BCUT2D eigenvalue weighted by Gasteiger charge is 2.50. The van der Waals surface area contributed by atoms with Gasteiger partial charge in [-0.1, -0.05) is 13.0 Å². The molecule has 0 bridgehead atoms. The Labute approximate surface area is 95.5 Å². The van der Waals surface area contributed by atoms with E-state index in [0.717, 1.165) is 18.0 Å². The number of hydrogen-bond donors (Lipinski definition) is 1. The molecule has 1 aromatic rings. The van der Waals surface area contributed by atoms with Crippen LogP contribution in [0.15, 0.2) is 18.2 Å². The standard InChI is InChI=1S/C13H17NO2/c1-13(7-10(13)8-14)9-2-3-11-12(6-9)16-5-4-15-11/h2-3,6,10H,4-5,7-8,14H2,1H3. The van der Waals surface area contributed by atoms with Gasteiger partial charge in [0.1, 0.15) is 13.2 Å². The average molecular weight is 219 g/mol. The van der Waals surface area contributed by atoms with Crippen LogP contribution in [0, 0.1) is 5.92 Å². The molecule has 0 amide bonds. The molecule has 1 heterocycles. The maximum absolute atomic E-state index is 5.73. The molecule has 0 aromatic heterocycles. The van der Waals surface area contributed by atoms with Gasteiger partial charge in [0, 0.05) is 0 Å². The van der Waals surface area contributed by atoms with E-state index in [-0.39, 0.29) is 5.41 Å². The van der Waals surface area contributed by atoms with Gasteiger partial charge in [0.15, 0.2) is 11.5 Å². The minimum Gasteiger partial charge on any atom is -0.486 e. The minimum absolute atomic E-state index is 0.255. The number of ether oxygens (including phenoxy) is 2. The van der Waals surface area contributed by atoms with E-state index >= 15 is 0 Å². The van der Waals surface area contributed by atoms with Crippen molar-refractivity contribution < 1.29 is 9.47 Å². The first-order valence-corrected chi connectivity index (χ1v) is 5.84. The summed E-state index contributed by atoms with van der Waals surface area (Å²) >= 11 is 0. The van der Waals surface area contributed by atoms with E-state index in [0.29, 0.717) is 19.1 Å². The van der Waals surface area contributed by atoms with Crippen LogP contribution in [0.3, 0.4) is 0 Å². The van der Waals surface area contributed by atoms with Crippen LogP contribution in [-0.4, -0.2) is 19.8 Å². The summed E-state index contributed by atoms with van der Waals surface area (Å²) in [5, 5.41) is 0. The van der Waals surface area contributed by atoms with Crippen molar-refractivity contribution in [3.8, 4) is 11.5 Å². The fraction of sp³-hybridized carbons (Fsp3) is 0.538. The van der Waals surface area contributed by atoms with Gasteiger partial charge in [-0.2, -0.15) is 0 Å². The van der Waals surface area contributed by atoms with Crippen molar-refractivity contribution in [2.24, 2.45) is 11.7 Å². The Morgan fingerprint density at radius 1 is 1.31 bits per heavy atom. The van der Waals surface area contributed by atoms with Gasteiger partial charge >= 0.3 is 0 Å². The predicted molar refractivity (Wildman–Crippen MR) is 61.9 cm³/mol. The van der Waals surface area contributed by atoms with Gasteiger partial charge in [-0.3, -0.25) is 0 Å². The second kappa shape index (κ2) is 3.39. The molecule has 1 fully saturated rings. The monoisotopic (exact) mass is 219 g/mol.